The molecular formula is C14H9ClF2O. The number of Topliss-reactive ketones (excluding diaryl/α,β-unsaturated/α-hetero) is 1. The number of hydrogen-bond donors (Lipinski definition) is 0. The first-order valence-corrected chi connectivity index (χ1v) is 5.67. The molecule has 0 radical (unpaired) electrons. The fraction of sp³-hybridized carbons (Fsp3) is 0.0714. The van der Waals surface area contributed by atoms with Crippen LogP contribution in [0.2, 0.25) is 5.02 Å². The Morgan fingerprint density at radius 2 is 1.78 bits per heavy atom. The topological polar surface area (TPSA) is 17.1 Å². The number of carbonyl (C=O) groups is 1. The summed E-state index contributed by atoms with van der Waals surface area (Å²) < 4.78 is 26.0. The maximum Gasteiger partial charge on any atom is 0.168 e. The molecule has 2 rings (SSSR count). The van der Waals surface area contributed by atoms with E-state index in [1.165, 1.54) is 30.3 Å². The first-order valence-electron chi connectivity index (χ1n) is 5.29. The van der Waals surface area contributed by atoms with Crippen molar-refractivity contribution in [1.29, 1.82) is 0 Å². The van der Waals surface area contributed by atoms with Gasteiger partial charge in [0, 0.05) is 12.0 Å². The molecule has 0 saturated heterocycles. The van der Waals surface area contributed by atoms with Gasteiger partial charge in [-0.3, -0.25) is 4.79 Å². The zero-order valence-electron chi connectivity index (χ0n) is 9.29. The monoisotopic (exact) mass is 266 g/mol. The van der Waals surface area contributed by atoms with Crippen molar-refractivity contribution in [2.45, 2.75) is 6.42 Å². The average Bonchev–Trinajstić information content (AvgIpc) is 2.32. The van der Waals surface area contributed by atoms with Gasteiger partial charge in [0.15, 0.2) is 5.78 Å². The Morgan fingerprint density at radius 1 is 1.06 bits per heavy atom. The molecule has 2 aromatic rings. The summed E-state index contributed by atoms with van der Waals surface area (Å²) in [4.78, 5) is 11.9. The number of halogens is 3. The highest BCUT2D eigenvalue weighted by molar-refractivity contribution is 6.34. The van der Waals surface area contributed by atoms with Gasteiger partial charge >= 0.3 is 0 Å². The third-order valence-electron chi connectivity index (χ3n) is 2.48. The van der Waals surface area contributed by atoms with E-state index in [1.807, 2.05) is 0 Å². The number of rotatable bonds is 3. The molecule has 0 aliphatic rings. The molecule has 0 unspecified atom stereocenters. The predicted molar refractivity (Wildman–Crippen MR) is 65.8 cm³/mol. The van der Waals surface area contributed by atoms with Gasteiger partial charge in [-0.1, -0.05) is 23.7 Å². The third kappa shape index (κ3) is 2.93. The Kier molecular flexibility index (Phi) is 3.72. The largest absolute Gasteiger partial charge is 0.294 e. The van der Waals surface area contributed by atoms with Crippen molar-refractivity contribution >= 4 is 17.4 Å². The van der Waals surface area contributed by atoms with Crippen LogP contribution >= 0.6 is 11.6 Å². The highest BCUT2D eigenvalue weighted by Crippen LogP contribution is 2.19. The molecule has 0 amide bonds. The smallest absolute Gasteiger partial charge is 0.168 e. The lowest BCUT2D eigenvalue weighted by Gasteiger charge is -2.04. The molecule has 0 aliphatic heterocycles. The molecule has 4 heteroatoms. The van der Waals surface area contributed by atoms with Crippen LogP contribution in [-0.2, 0) is 6.42 Å². The molecule has 2 aromatic carbocycles. The third-order valence-corrected chi connectivity index (χ3v) is 2.81. The Hall–Kier alpha value is -1.74. The molecule has 0 fully saturated rings. The van der Waals surface area contributed by atoms with Gasteiger partial charge in [0.25, 0.3) is 0 Å². The maximum atomic E-state index is 13.0. The van der Waals surface area contributed by atoms with Gasteiger partial charge in [0.2, 0.25) is 0 Å². The molecule has 0 atom stereocenters. The zero-order valence-corrected chi connectivity index (χ0v) is 10.0. The van der Waals surface area contributed by atoms with Gasteiger partial charge in [0.1, 0.15) is 11.6 Å². The summed E-state index contributed by atoms with van der Waals surface area (Å²) in [5.74, 6) is -1.28. The summed E-state index contributed by atoms with van der Waals surface area (Å²) in [5.41, 5.74) is 0.640. The molecular weight excluding hydrogens is 258 g/mol. The zero-order chi connectivity index (χ0) is 13.1. The van der Waals surface area contributed by atoms with E-state index < -0.39 is 11.6 Å². The lowest BCUT2D eigenvalue weighted by atomic mass is 10.0. The minimum atomic E-state index is -0.526. The van der Waals surface area contributed by atoms with Crippen LogP contribution < -0.4 is 0 Å². The van der Waals surface area contributed by atoms with Gasteiger partial charge in [-0.15, -0.1) is 0 Å². The molecule has 0 spiro atoms. The van der Waals surface area contributed by atoms with Crippen LogP contribution in [0.5, 0.6) is 0 Å². The summed E-state index contributed by atoms with van der Waals surface area (Å²) >= 11 is 5.83. The normalized spacial score (nSPS) is 10.4. The fourth-order valence-electron chi connectivity index (χ4n) is 1.64. The summed E-state index contributed by atoms with van der Waals surface area (Å²) in [6, 6.07) is 9.31. The van der Waals surface area contributed by atoms with E-state index in [0.29, 0.717) is 5.56 Å². The molecule has 18 heavy (non-hydrogen) atoms. The summed E-state index contributed by atoms with van der Waals surface area (Å²) in [5, 5.41) is 0.192. The molecule has 0 saturated carbocycles. The predicted octanol–water partition coefficient (Wildman–Crippen LogP) is 4.04. The van der Waals surface area contributed by atoms with Crippen molar-refractivity contribution in [3.05, 3.63) is 70.2 Å². The first-order chi connectivity index (χ1) is 8.56. The van der Waals surface area contributed by atoms with Crippen LogP contribution in [0.4, 0.5) is 8.78 Å². The minimum Gasteiger partial charge on any atom is -0.294 e. The van der Waals surface area contributed by atoms with Crippen LogP contribution in [-0.4, -0.2) is 5.78 Å². The number of hydrogen-bond acceptors (Lipinski definition) is 1. The Bertz CT molecular complexity index is 596. The summed E-state index contributed by atoms with van der Waals surface area (Å²) in [7, 11) is 0. The van der Waals surface area contributed by atoms with E-state index in [-0.39, 0.29) is 22.8 Å². The second-order valence-corrected chi connectivity index (χ2v) is 4.26. The van der Waals surface area contributed by atoms with E-state index in [0.717, 1.165) is 6.07 Å². The number of benzene rings is 2. The molecule has 0 heterocycles. The highest BCUT2D eigenvalue weighted by Gasteiger charge is 2.12. The fourth-order valence-corrected chi connectivity index (χ4v) is 1.86. The molecule has 0 aromatic heterocycles. The molecule has 1 nitrogen and oxygen atoms in total. The quantitative estimate of drug-likeness (QED) is 0.766. The van der Waals surface area contributed by atoms with Gasteiger partial charge in [0.05, 0.1) is 5.02 Å². The Balaban J connectivity index is 2.24. The minimum absolute atomic E-state index is 0.0130. The van der Waals surface area contributed by atoms with Crippen LogP contribution in [0.1, 0.15) is 15.9 Å². The first kappa shape index (κ1) is 12.7. The Morgan fingerprint density at radius 3 is 2.50 bits per heavy atom. The Labute approximate surface area is 108 Å². The van der Waals surface area contributed by atoms with E-state index in [4.69, 9.17) is 11.6 Å². The van der Waals surface area contributed by atoms with Crippen LogP contribution in [0, 0.1) is 11.6 Å². The molecule has 92 valence electrons. The van der Waals surface area contributed by atoms with Crippen LogP contribution in [0.3, 0.4) is 0 Å². The lowest BCUT2D eigenvalue weighted by molar-refractivity contribution is 0.0992. The molecule has 0 aliphatic carbocycles. The standard InChI is InChI=1S/C14H9ClF2O/c15-13-5-4-11(17)8-12(13)14(18)7-9-2-1-3-10(16)6-9/h1-6,8H,7H2. The highest BCUT2D eigenvalue weighted by atomic mass is 35.5. The van der Waals surface area contributed by atoms with Crippen LogP contribution in [0.15, 0.2) is 42.5 Å². The summed E-state index contributed by atoms with van der Waals surface area (Å²) in [6.07, 6.45) is -0.0130. The van der Waals surface area contributed by atoms with Crippen molar-refractivity contribution < 1.29 is 13.6 Å². The molecule has 0 N–H and O–H groups in total. The van der Waals surface area contributed by atoms with E-state index >= 15 is 0 Å². The van der Waals surface area contributed by atoms with E-state index in [2.05, 4.69) is 0 Å². The van der Waals surface area contributed by atoms with Gasteiger partial charge in [-0.05, 0) is 35.9 Å². The van der Waals surface area contributed by atoms with Crippen molar-refractivity contribution in [2.24, 2.45) is 0 Å². The van der Waals surface area contributed by atoms with E-state index in [1.54, 1.807) is 6.07 Å². The maximum absolute atomic E-state index is 13.0. The van der Waals surface area contributed by atoms with Crippen molar-refractivity contribution in [3.8, 4) is 0 Å². The molecule has 0 bridgehead atoms. The lowest BCUT2D eigenvalue weighted by Crippen LogP contribution is -2.05. The number of ketones is 1. The van der Waals surface area contributed by atoms with Gasteiger partial charge < -0.3 is 0 Å². The van der Waals surface area contributed by atoms with E-state index in [9.17, 15) is 13.6 Å². The number of carbonyl (C=O) groups excluding carboxylic acids is 1. The van der Waals surface area contributed by atoms with Crippen LogP contribution in [0.25, 0.3) is 0 Å². The van der Waals surface area contributed by atoms with Crippen molar-refractivity contribution in [2.75, 3.05) is 0 Å². The second-order valence-electron chi connectivity index (χ2n) is 3.85. The average molecular weight is 267 g/mol. The summed E-state index contributed by atoms with van der Waals surface area (Å²) in [6.45, 7) is 0. The van der Waals surface area contributed by atoms with Crippen molar-refractivity contribution in [3.63, 3.8) is 0 Å². The SMILES string of the molecule is O=C(Cc1cccc(F)c1)c1cc(F)ccc1Cl. The van der Waals surface area contributed by atoms with Gasteiger partial charge in [-0.25, -0.2) is 8.78 Å². The van der Waals surface area contributed by atoms with Crippen molar-refractivity contribution in [1.82, 2.24) is 0 Å². The second kappa shape index (κ2) is 5.27. The van der Waals surface area contributed by atoms with Gasteiger partial charge in [-0.2, -0.15) is 0 Å².